The van der Waals surface area contributed by atoms with Gasteiger partial charge in [0.25, 0.3) is 0 Å². The number of nitrogens with one attached hydrogen (secondary N) is 2. The summed E-state index contributed by atoms with van der Waals surface area (Å²) in [5.41, 5.74) is 1.05. The minimum atomic E-state index is -3.43. The summed E-state index contributed by atoms with van der Waals surface area (Å²) in [4.78, 5) is 0. The molecule has 0 amide bonds. The first-order valence-corrected chi connectivity index (χ1v) is 8.03. The number of hydrogen-bond acceptors (Lipinski definition) is 5. The Bertz CT molecular complexity index is 589. The summed E-state index contributed by atoms with van der Waals surface area (Å²) in [6, 6.07) is 8.59. The van der Waals surface area contributed by atoms with Crippen molar-refractivity contribution < 1.29 is 13.2 Å². The molecule has 2 rings (SSSR count). The molecule has 6 nitrogen and oxygen atoms in total. The number of sulfonamides is 1. The number of hydrogen-bond donors (Lipinski definition) is 2. The van der Waals surface area contributed by atoms with E-state index in [9.17, 15) is 8.42 Å². The smallest absolute Gasteiger partial charge is 0.215 e. The van der Waals surface area contributed by atoms with E-state index >= 15 is 0 Å². The minimum absolute atomic E-state index is 0.135. The van der Waals surface area contributed by atoms with Crippen molar-refractivity contribution in [2.75, 3.05) is 26.2 Å². The maximum Gasteiger partial charge on any atom is 0.215 e. The average molecular weight is 295 g/mol. The van der Waals surface area contributed by atoms with Gasteiger partial charge < -0.3 is 10.1 Å². The summed E-state index contributed by atoms with van der Waals surface area (Å²) in [6.07, 6.45) is -0.135. The Balaban J connectivity index is 1.91. The van der Waals surface area contributed by atoms with Crippen molar-refractivity contribution >= 4 is 10.0 Å². The monoisotopic (exact) mass is 295 g/mol. The molecule has 108 valence electrons. The normalized spacial score (nSPS) is 19.4. The molecule has 0 bridgehead atoms. The Kier molecular flexibility index (Phi) is 5.09. The molecule has 1 saturated heterocycles. The van der Waals surface area contributed by atoms with Gasteiger partial charge in [-0.1, -0.05) is 12.1 Å². The second-order valence-corrected chi connectivity index (χ2v) is 6.42. The van der Waals surface area contributed by atoms with Gasteiger partial charge in [0.05, 0.1) is 30.1 Å². The van der Waals surface area contributed by atoms with E-state index < -0.39 is 10.0 Å². The molecule has 0 spiro atoms. The topological polar surface area (TPSA) is 91.2 Å². The zero-order valence-corrected chi connectivity index (χ0v) is 11.8. The van der Waals surface area contributed by atoms with Crippen LogP contribution in [0.2, 0.25) is 0 Å². The molecule has 0 aliphatic carbocycles. The third-order valence-electron chi connectivity index (χ3n) is 2.95. The molecule has 20 heavy (non-hydrogen) atoms. The predicted octanol–water partition coefficient (Wildman–Crippen LogP) is -0.0339. The van der Waals surface area contributed by atoms with Gasteiger partial charge in [-0.25, -0.2) is 13.1 Å². The van der Waals surface area contributed by atoms with Crippen molar-refractivity contribution in [3.63, 3.8) is 0 Å². The first-order valence-electron chi connectivity index (χ1n) is 6.38. The zero-order chi connectivity index (χ0) is 14.4. The third kappa shape index (κ3) is 4.58. The van der Waals surface area contributed by atoms with E-state index in [1.54, 1.807) is 24.3 Å². The number of ether oxygens (including phenoxy) is 1. The lowest BCUT2D eigenvalue weighted by Gasteiger charge is -2.23. The first-order chi connectivity index (χ1) is 9.59. The molecule has 0 saturated carbocycles. The molecule has 1 heterocycles. The fourth-order valence-electron chi connectivity index (χ4n) is 1.97. The number of morpholine rings is 1. The van der Waals surface area contributed by atoms with Crippen LogP contribution in [0.4, 0.5) is 0 Å². The molecule has 1 atom stereocenters. The van der Waals surface area contributed by atoms with Crippen LogP contribution in [-0.4, -0.2) is 40.8 Å². The van der Waals surface area contributed by atoms with E-state index in [1.807, 2.05) is 6.07 Å². The van der Waals surface area contributed by atoms with Gasteiger partial charge in [-0.05, 0) is 17.7 Å². The summed E-state index contributed by atoms with van der Waals surface area (Å²) in [6.45, 7) is 2.29. The Morgan fingerprint density at radius 2 is 2.35 bits per heavy atom. The highest BCUT2D eigenvalue weighted by Crippen LogP contribution is 2.08. The lowest BCUT2D eigenvalue weighted by molar-refractivity contribution is 0.0324. The standard InChI is InChI=1S/C13H17N3O3S/c14-7-11-2-1-3-12(6-11)10-20(17,18)16-9-13-8-15-4-5-19-13/h1-3,6,13,15-16H,4-5,8-10H2. The van der Waals surface area contributed by atoms with Crippen LogP contribution in [-0.2, 0) is 20.5 Å². The van der Waals surface area contributed by atoms with Gasteiger partial charge in [-0.3, -0.25) is 0 Å². The molecule has 1 unspecified atom stereocenters. The Morgan fingerprint density at radius 1 is 1.50 bits per heavy atom. The van der Waals surface area contributed by atoms with Crippen LogP contribution in [0.5, 0.6) is 0 Å². The molecule has 1 aromatic carbocycles. The summed E-state index contributed by atoms with van der Waals surface area (Å²) in [5, 5.41) is 11.9. The fraction of sp³-hybridized carbons (Fsp3) is 0.462. The highest BCUT2D eigenvalue weighted by atomic mass is 32.2. The van der Waals surface area contributed by atoms with Crippen LogP contribution in [0.25, 0.3) is 0 Å². The van der Waals surface area contributed by atoms with E-state index in [0.717, 1.165) is 6.54 Å². The molecular formula is C13H17N3O3S. The van der Waals surface area contributed by atoms with Crippen LogP contribution in [0.15, 0.2) is 24.3 Å². The zero-order valence-electron chi connectivity index (χ0n) is 11.0. The van der Waals surface area contributed by atoms with Gasteiger partial charge in [-0.15, -0.1) is 0 Å². The second-order valence-electron chi connectivity index (χ2n) is 4.62. The van der Waals surface area contributed by atoms with Crippen molar-refractivity contribution in [2.24, 2.45) is 0 Å². The van der Waals surface area contributed by atoms with Crippen LogP contribution >= 0.6 is 0 Å². The molecule has 1 aromatic rings. The highest BCUT2D eigenvalue weighted by molar-refractivity contribution is 7.88. The van der Waals surface area contributed by atoms with Gasteiger partial charge in [0.15, 0.2) is 0 Å². The lowest BCUT2D eigenvalue weighted by atomic mass is 10.2. The number of benzene rings is 1. The lowest BCUT2D eigenvalue weighted by Crippen LogP contribution is -2.45. The highest BCUT2D eigenvalue weighted by Gasteiger charge is 2.17. The van der Waals surface area contributed by atoms with Gasteiger partial charge >= 0.3 is 0 Å². The Hall–Kier alpha value is -1.46. The minimum Gasteiger partial charge on any atom is -0.374 e. The van der Waals surface area contributed by atoms with Gasteiger partial charge in [0, 0.05) is 19.6 Å². The van der Waals surface area contributed by atoms with Crippen molar-refractivity contribution in [1.29, 1.82) is 5.26 Å². The van der Waals surface area contributed by atoms with Gasteiger partial charge in [0.1, 0.15) is 0 Å². The summed E-state index contributed by atoms with van der Waals surface area (Å²) in [7, 11) is -3.43. The van der Waals surface area contributed by atoms with Gasteiger partial charge in [0.2, 0.25) is 10.0 Å². The number of rotatable bonds is 5. The maximum absolute atomic E-state index is 12.0. The molecule has 1 aliphatic heterocycles. The van der Waals surface area contributed by atoms with Crippen molar-refractivity contribution in [2.45, 2.75) is 11.9 Å². The predicted molar refractivity (Wildman–Crippen MR) is 74.4 cm³/mol. The van der Waals surface area contributed by atoms with E-state index in [0.29, 0.717) is 24.3 Å². The van der Waals surface area contributed by atoms with Crippen LogP contribution in [0.3, 0.4) is 0 Å². The van der Waals surface area contributed by atoms with E-state index in [2.05, 4.69) is 10.0 Å². The third-order valence-corrected chi connectivity index (χ3v) is 4.27. The van der Waals surface area contributed by atoms with Crippen LogP contribution in [0.1, 0.15) is 11.1 Å². The van der Waals surface area contributed by atoms with Crippen LogP contribution < -0.4 is 10.0 Å². The Labute approximate surface area is 118 Å². The maximum atomic E-state index is 12.0. The Morgan fingerprint density at radius 3 is 3.05 bits per heavy atom. The summed E-state index contributed by atoms with van der Waals surface area (Å²) >= 11 is 0. The molecule has 1 fully saturated rings. The summed E-state index contributed by atoms with van der Waals surface area (Å²) < 4.78 is 31.9. The van der Waals surface area contributed by atoms with Crippen molar-refractivity contribution in [3.8, 4) is 6.07 Å². The number of nitrogens with zero attached hydrogens (tertiary/aromatic N) is 1. The first kappa shape index (κ1) is 14.9. The summed E-state index contributed by atoms with van der Waals surface area (Å²) in [5.74, 6) is -0.136. The van der Waals surface area contributed by atoms with Crippen molar-refractivity contribution in [1.82, 2.24) is 10.0 Å². The van der Waals surface area contributed by atoms with Crippen molar-refractivity contribution in [3.05, 3.63) is 35.4 Å². The van der Waals surface area contributed by atoms with E-state index in [-0.39, 0.29) is 18.4 Å². The quantitative estimate of drug-likeness (QED) is 0.796. The largest absolute Gasteiger partial charge is 0.374 e. The molecule has 1 aliphatic rings. The van der Waals surface area contributed by atoms with E-state index in [4.69, 9.17) is 10.00 Å². The van der Waals surface area contributed by atoms with Gasteiger partial charge in [-0.2, -0.15) is 5.26 Å². The molecular weight excluding hydrogens is 278 g/mol. The SMILES string of the molecule is N#Cc1cccc(CS(=O)(=O)NCC2CNCCO2)c1. The molecule has 2 N–H and O–H groups in total. The number of nitriles is 1. The fourth-order valence-corrected chi connectivity index (χ4v) is 3.13. The molecule has 0 aromatic heterocycles. The second kappa shape index (κ2) is 6.81. The average Bonchev–Trinajstić information content (AvgIpc) is 2.46. The van der Waals surface area contributed by atoms with E-state index in [1.165, 1.54) is 0 Å². The van der Waals surface area contributed by atoms with Crippen LogP contribution in [0, 0.1) is 11.3 Å². The molecule has 0 radical (unpaired) electrons. The molecule has 7 heteroatoms.